The number of nitrogens with zero attached hydrogens (tertiary/aromatic N) is 12. The van der Waals surface area contributed by atoms with Crippen molar-refractivity contribution >= 4 is 41.4 Å². The van der Waals surface area contributed by atoms with Gasteiger partial charge in [0.25, 0.3) is 0 Å². The SMILES string of the molecule is CC.CC1=Cc2ccccc2CN1C.CC1C2CCCCC2CCN1C.CC1C=Cc2ccccc2N1C.CC1CC2CCCCC2CN1C.CC1CC2CCCCC2N1C.CC1CC2CCc3ccccc3C2N1C.CC1CC2COCC2N1C.CC1CC2CSCC2N1C.CC1CCC2CCCCC2N1C.CC1CCc2ccccc2N1C.CC1c2ccccc2C=CN1C.CC1c2ccccc2CCN1C. The maximum Gasteiger partial charge on any atom is 0.0625 e. The Hall–Kier alpha value is -6.27. The molecule has 14 heteroatoms. The van der Waals surface area contributed by atoms with Crippen LogP contribution < -0.4 is 9.80 Å². The third-order valence-corrected chi connectivity index (χ3v) is 40.8. The molecule has 6 aromatic rings. The molecule has 19 aliphatic rings. The molecule has 6 aromatic carbocycles. The molecular formula is C130H206N12OS. The van der Waals surface area contributed by atoms with E-state index < -0.39 is 0 Å². The predicted molar refractivity (Wildman–Crippen MR) is 625 cm³/mol. The Morgan fingerprint density at radius 1 is 0.326 bits per heavy atom. The van der Waals surface area contributed by atoms with Crippen molar-refractivity contribution in [1.29, 1.82) is 0 Å². The lowest BCUT2D eigenvalue weighted by atomic mass is 9.71. The van der Waals surface area contributed by atoms with Crippen molar-refractivity contribution in [3.8, 4) is 0 Å². The topological polar surface area (TPSA) is 48.1 Å². The van der Waals surface area contributed by atoms with Gasteiger partial charge in [-0.1, -0.05) is 224 Å². The summed E-state index contributed by atoms with van der Waals surface area (Å²) in [5.74, 6) is 11.9. The van der Waals surface area contributed by atoms with Crippen molar-refractivity contribution < 1.29 is 4.74 Å². The van der Waals surface area contributed by atoms with Gasteiger partial charge in [-0.15, -0.1) is 0 Å². The fourth-order valence-corrected chi connectivity index (χ4v) is 29.9. The third-order valence-electron chi connectivity index (χ3n) is 39.6. The Morgan fingerprint density at radius 3 is 1.52 bits per heavy atom. The maximum absolute atomic E-state index is 5.39. The molecule has 14 heterocycles. The highest BCUT2D eigenvalue weighted by atomic mass is 32.2. The van der Waals surface area contributed by atoms with Gasteiger partial charge in [0, 0.05) is 167 Å². The van der Waals surface area contributed by atoms with Crippen molar-refractivity contribution in [2.45, 2.75) is 386 Å². The Morgan fingerprint density at radius 2 is 0.840 bits per heavy atom. The summed E-state index contributed by atoms with van der Waals surface area (Å²) < 4.78 is 5.39. The van der Waals surface area contributed by atoms with Gasteiger partial charge in [0.15, 0.2) is 0 Å². The summed E-state index contributed by atoms with van der Waals surface area (Å²) in [6, 6.07) is 64.3. The van der Waals surface area contributed by atoms with E-state index in [1.54, 1.807) is 11.1 Å². The van der Waals surface area contributed by atoms with Crippen LogP contribution in [0.4, 0.5) is 11.4 Å². The van der Waals surface area contributed by atoms with Crippen LogP contribution in [0.2, 0.25) is 0 Å². The van der Waals surface area contributed by atoms with Gasteiger partial charge in [-0.05, 0) is 407 Å². The number of benzene rings is 6. The smallest absolute Gasteiger partial charge is 0.0625 e. The van der Waals surface area contributed by atoms with E-state index in [2.05, 4.69) is 414 Å². The largest absolute Gasteiger partial charge is 0.379 e. The van der Waals surface area contributed by atoms with E-state index in [9.17, 15) is 0 Å². The molecule has 25 unspecified atom stereocenters. The zero-order valence-corrected chi connectivity index (χ0v) is 96.8. The minimum Gasteiger partial charge on any atom is -0.379 e. The van der Waals surface area contributed by atoms with Crippen LogP contribution in [0.15, 0.2) is 164 Å². The summed E-state index contributed by atoms with van der Waals surface area (Å²) in [6.45, 7) is 38.6. The zero-order chi connectivity index (χ0) is 103. The predicted octanol–water partition coefficient (Wildman–Crippen LogP) is 28.6. The van der Waals surface area contributed by atoms with Crippen LogP contribution in [0.25, 0.3) is 18.2 Å². The molecule has 144 heavy (non-hydrogen) atoms. The molecule has 0 radical (unpaired) electrons. The highest BCUT2D eigenvalue weighted by Gasteiger charge is 2.45. The molecule has 0 amide bonds. The van der Waals surface area contributed by atoms with E-state index in [0.29, 0.717) is 30.2 Å². The van der Waals surface area contributed by atoms with Crippen LogP contribution in [0.3, 0.4) is 0 Å². The van der Waals surface area contributed by atoms with Crippen molar-refractivity contribution in [1.82, 2.24) is 49.0 Å². The first-order chi connectivity index (χ1) is 69.4. The third kappa shape index (κ3) is 30.0. The number of hydrogen-bond acceptors (Lipinski definition) is 14. The van der Waals surface area contributed by atoms with Crippen molar-refractivity contribution in [2.24, 2.45) is 53.3 Å². The fourth-order valence-electron chi connectivity index (χ4n) is 28.4. The van der Waals surface area contributed by atoms with E-state index >= 15 is 0 Å². The van der Waals surface area contributed by atoms with Crippen LogP contribution >= 0.6 is 11.8 Å². The lowest BCUT2D eigenvalue weighted by Crippen LogP contribution is -2.48. The summed E-state index contributed by atoms with van der Waals surface area (Å²) in [5, 5.41) is 0. The van der Waals surface area contributed by atoms with Crippen LogP contribution in [-0.4, -0.2) is 256 Å². The normalized spacial score (nSPS) is 33.4. The van der Waals surface area contributed by atoms with Gasteiger partial charge in [0.2, 0.25) is 0 Å². The molecule has 0 bridgehead atoms. The van der Waals surface area contributed by atoms with Gasteiger partial charge in [0.1, 0.15) is 0 Å². The van der Waals surface area contributed by atoms with Gasteiger partial charge in [0.05, 0.1) is 19.3 Å². The van der Waals surface area contributed by atoms with Crippen molar-refractivity contribution in [3.63, 3.8) is 0 Å². The molecule has 0 N–H and O–H groups in total. The second kappa shape index (κ2) is 56.2. The number of fused-ring (bicyclic) bond motifs is 14. The summed E-state index contributed by atoms with van der Waals surface area (Å²) >= 11 is 2.13. The molecule has 25 rings (SSSR count). The van der Waals surface area contributed by atoms with Crippen LogP contribution in [0, 0.1) is 53.3 Å². The number of aryl methyl sites for hydroxylation is 2. The quantitative estimate of drug-likeness (QED) is 0.145. The number of ether oxygens (including phenoxy) is 1. The van der Waals surface area contributed by atoms with Crippen molar-refractivity contribution in [2.75, 3.05) is 139 Å². The molecule has 25 atom stereocenters. The second-order valence-corrected chi connectivity index (χ2v) is 49.2. The second-order valence-electron chi connectivity index (χ2n) is 48.2. The molecule has 14 aliphatic heterocycles. The van der Waals surface area contributed by atoms with E-state index in [1.807, 2.05) is 13.8 Å². The fraction of sp³-hybridized carbons (Fsp3) is 0.677. The molecule has 798 valence electrons. The Balaban J connectivity index is 0.000000132. The number of allylic oxidation sites excluding steroid dienone is 1. The van der Waals surface area contributed by atoms with Crippen LogP contribution in [-0.2, 0) is 30.5 Å². The Labute approximate surface area is 886 Å². The lowest BCUT2D eigenvalue weighted by molar-refractivity contribution is 0.0447. The van der Waals surface area contributed by atoms with Gasteiger partial charge in [-0.2, -0.15) is 11.8 Å². The molecule has 13 fully saturated rings. The van der Waals surface area contributed by atoms with Gasteiger partial charge in [-0.25, -0.2) is 0 Å². The molecule has 0 aromatic heterocycles. The molecule has 9 saturated heterocycles. The number of likely N-dealkylation sites (N-methyl/N-ethyl adjacent to an activating group) is 3. The monoisotopic (exact) mass is 1980 g/mol. The summed E-state index contributed by atoms with van der Waals surface area (Å²) in [7, 11) is 26.7. The number of likely N-dealkylation sites (tertiary alicyclic amines) is 7. The van der Waals surface area contributed by atoms with Gasteiger partial charge in [-0.3, -0.25) is 19.6 Å². The molecule has 4 saturated carbocycles. The zero-order valence-electron chi connectivity index (χ0n) is 96.0. The van der Waals surface area contributed by atoms with Crippen LogP contribution in [0.5, 0.6) is 0 Å². The lowest BCUT2D eigenvalue weighted by Gasteiger charge is -2.45. The average Bonchev–Trinajstić information content (AvgIpc) is 1.62. The van der Waals surface area contributed by atoms with Gasteiger partial charge < -0.3 is 43.9 Å². The molecule has 0 spiro atoms. The van der Waals surface area contributed by atoms with E-state index in [4.69, 9.17) is 4.74 Å². The van der Waals surface area contributed by atoms with E-state index in [0.717, 1.165) is 139 Å². The molecular weight excluding hydrogens is 1780 g/mol. The molecule has 13 nitrogen and oxygen atoms in total. The van der Waals surface area contributed by atoms with Crippen molar-refractivity contribution in [3.05, 3.63) is 219 Å². The molecule has 5 aliphatic carbocycles. The number of thioether (sulfide) groups is 1. The Bertz CT molecular complexity index is 4650. The average molecular weight is 1990 g/mol. The summed E-state index contributed by atoms with van der Waals surface area (Å²) in [6.07, 6.45) is 52.7. The van der Waals surface area contributed by atoms with Crippen LogP contribution in [0.1, 0.15) is 338 Å². The number of anilines is 2. The standard InChI is InChI=1S/C14H19N.C11H21N.C11H13N.C11H21N.C11H15N.C11H13N.C11H21N.C11H15N.C11H13N.C10H19N.C8H15NO.C8H15NS.C2H6/c1-10-9-12-8-7-11-5-3-4-6-13(11)14(12)15(10)2;2*1-9-7-10-5-3-4-6-11(10)8-12(9)2;3*1-9-11-6-4-3-5-10(11)7-8-12(9)2;3*1-9-7-8-10-5-3-4-6-11(10)12(9)2;1-8-7-9-5-3-4-6-10(9)11(8)2;2*1-6-3-7-4-10-5-8(7)9(6)2;1-2/h3-6,10,12,14H,7-9H2,1-2H3;9-11H,3-8H2,1-2H3;3-7H,8H2,1-2H3;9-11H,3-8H2,1-2H3;3-6,9H,7-8H2,1-2H3;3-9H,1-2H3;9-11H,3-8H2,1-2H3;3-6,9H,7-8H2,1-2H3;3-9H,1-2H3;8-10H,3-7H2,1-2H3;2*6-8H,3-5H2,1-2H3;1-2H3. The van der Waals surface area contributed by atoms with Gasteiger partial charge >= 0.3 is 0 Å². The highest BCUT2D eigenvalue weighted by molar-refractivity contribution is 7.99. The highest BCUT2D eigenvalue weighted by Crippen LogP contribution is 2.49. The first-order valence-corrected chi connectivity index (χ1v) is 59.8. The minimum atomic E-state index is 0.506. The van der Waals surface area contributed by atoms with E-state index in [1.165, 1.54) is 279 Å². The minimum absolute atomic E-state index is 0.506. The summed E-state index contributed by atoms with van der Waals surface area (Å²) in [5.41, 5.74) is 18.7. The first-order valence-electron chi connectivity index (χ1n) is 58.7. The number of hydrogen-bond donors (Lipinski definition) is 0. The Kier molecular flexibility index (Phi) is 44.8. The van der Waals surface area contributed by atoms with E-state index in [-0.39, 0.29) is 0 Å². The maximum atomic E-state index is 5.39. The summed E-state index contributed by atoms with van der Waals surface area (Å²) in [4.78, 5) is 29.5. The number of rotatable bonds is 0. The first kappa shape index (κ1) is 115. The number of para-hydroxylation sites is 2. The number of piperidine rings is 3.